The fraction of sp³-hybridized carbons (Fsp3) is 0.316. The molecule has 3 nitrogen and oxygen atoms in total. The van der Waals surface area contributed by atoms with Crippen molar-refractivity contribution in [1.29, 1.82) is 0 Å². The molecule has 24 heavy (non-hydrogen) atoms. The normalized spacial score (nSPS) is 11.8. The number of amides is 1. The lowest BCUT2D eigenvalue weighted by atomic mass is 10.0. The largest absolute Gasteiger partial charge is 0.497 e. The number of rotatable bonds is 7. The van der Waals surface area contributed by atoms with Crippen LogP contribution in [-0.4, -0.2) is 13.0 Å². The maximum Gasteiger partial charge on any atom is 0.254 e. The second-order valence-corrected chi connectivity index (χ2v) is 5.54. The first-order chi connectivity index (χ1) is 11.6. The number of methoxy groups -OCH3 is 1. The van der Waals surface area contributed by atoms with Crippen LogP contribution in [0.25, 0.3) is 0 Å². The van der Waals surface area contributed by atoms with Crippen molar-refractivity contribution >= 4 is 5.91 Å². The van der Waals surface area contributed by atoms with Crippen LogP contribution in [0.3, 0.4) is 0 Å². The Hall–Kier alpha value is -2.43. The zero-order valence-electron chi connectivity index (χ0n) is 13.8. The summed E-state index contributed by atoms with van der Waals surface area (Å²) in [5, 5.41) is 2.80. The van der Waals surface area contributed by atoms with E-state index in [1.165, 1.54) is 12.1 Å². The Kier molecular flexibility index (Phi) is 6.29. The molecule has 2 aromatic rings. The van der Waals surface area contributed by atoms with E-state index >= 15 is 0 Å². The van der Waals surface area contributed by atoms with Crippen LogP contribution in [0.15, 0.2) is 42.5 Å². The molecule has 0 bridgehead atoms. The second kappa shape index (κ2) is 8.43. The van der Waals surface area contributed by atoms with Crippen LogP contribution in [0.4, 0.5) is 8.78 Å². The van der Waals surface area contributed by atoms with Crippen molar-refractivity contribution in [3.8, 4) is 5.75 Å². The van der Waals surface area contributed by atoms with Gasteiger partial charge in [0.15, 0.2) is 11.6 Å². The highest BCUT2D eigenvalue weighted by molar-refractivity contribution is 5.94. The van der Waals surface area contributed by atoms with E-state index in [0.29, 0.717) is 6.42 Å². The summed E-state index contributed by atoms with van der Waals surface area (Å²) in [4.78, 5) is 12.3. The summed E-state index contributed by atoms with van der Waals surface area (Å²) in [7, 11) is 1.58. The van der Waals surface area contributed by atoms with Crippen molar-refractivity contribution in [3.63, 3.8) is 0 Å². The standard InChI is InChI=1S/C19H21F2NO2/c1-3-4-8-17(13-9-11-14(24-2)12-10-13)22-19(23)15-6-5-7-16(20)18(15)21/h5-7,9-12,17H,3-4,8H2,1-2H3,(H,22,23). The van der Waals surface area contributed by atoms with Gasteiger partial charge in [0.05, 0.1) is 18.7 Å². The first kappa shape index (κ1) is 17.9. The molecule has 1 unspecified atom stereocenters. The van der Waals surface area contributed by atoms with E-state index in [0.717, 1.165) is 30.2 Å². The van der Waals surface area contributed by atoms with Gasteiger partial charge in [-0.1, -0.05) is 38.0 Å². The highest BCUT2D eigenvalue weighted by Crippen LogP contribution is 2.23. The molecule has 0 fully saturated rings. The third-order valence-electron chi connectivity index (χ3n) is 3.87. The fourth-order valence-electron chi connectivity index (χ4n) is 2.48. The average Bonchev–Trinajstić information content (AvgIpc) is 2.61. The zero-order chi connectivity index (χ0) is 17.5. The number of hydrogen-bond donors (Lipinski definition) is 1. The molecule has 0 aromatic heterocycles. The fourth-order valence-corrected chi connectivity index (χ4v) is 2.48. The van der Waals surface area contributed by atoms with Crippen LogP contribution in [0.1, 0.15) is 48.1 Å². The Bertz CT molecular complexity index is 686. The topological polar surface area (TPSA) is 38.3 Å². The van der Waals surface area contributed by atoms with E-state index in [9.17, 15) is 13.6 Å². The van der Waals surface area contributed by atoms with Crippen molar-refractivity contribution in [2.75, 3.05) is 7.11 Å². The molecule has 128 valence electrons. The Balaban J connectivity index is 2.21. The monoisotopic (exact) mass is 333 g/mol. The molecular weight excluding hydrogens is 312 g/mol. The maximum absolute atomic E-state index is 13.8. The van der Waals surface area contributed by atoms with Crippen molar-refractivity contribution in [2.45, 2.75) is 32.2 Å². The molecule has 1 N–H and O–H groups in total. The van der Waals surface area contributed by atoms with E-state index in [1.54, 1.807) is 7.11 Å². The highest BCUT2D eigenvalue weighted by Gasteiger charge is 2.19. The third kappa shape index (κ3) is 4.31. The van der Waals surface area contributed by atoms with Gasteiger partial charge in [-0.2, -0.15) is 0 Å². The number of ether oxygens (including phenoxy) is 1. The molecule has 0 aliphatic rings. The predicted molar refractivity (Wildman–Crippen MR) is 89.1 cm³/mol. The smallest absolute Gasteiger partial charge is 0.254 e. The van der Waals surface area contributed by atoms with Gasteiger partial charge < -0.3 is 10.1 Å². The van der Waals surface area contributed by atoms with Gasteiger partial charge in [-0.15, -0.1) is 0 Å². The van der Waals surface area contributed by atoms with Crippen LogP contribution in [0, 0.1) is 11.6 Å². The van der Waals surface area contributed by atoms with Crippen LogP contribution in [-0.2, 0) is 0 Å². The SMILES string of the molecule is CCCCC(NC(=O)c1cccc(F)c1F)c1ccc(OC)cc1. The first-order valence-electron chi connectivity index (χ1n) is 7.95. The number of carbonyl (C=O) groups is 1. The quantitative estimate of drug-likeness (QED) is 0.802. The Morgan fingerprint density at radius 2 is 1.88 bits per heavy atom. The Morgan fingerprint density at radius 1 is 1.17 bits per heavy atom. The number of benzene rings is 2. The van der Waals surface area contributed by atoms with E-state index in [-0.39, 0.29) is 11.6 Å². The molecule has 1 atom stereocenters. The summed E-state index contributed by atoms with van der Waals surface area (Å²) < 4.78 is 32.3. The van der Waals surface area contributed by atoms with Crippen LogP contribution < -0.4 is 10.1 Å². The Labute approximate surface area is 140 Å². The average molecular weight is 333 g/mol. The molecule has 0 aliphatic carbocycles. The van der Waals surface area contributed by atoms with Crippen molar-refractivity contribution < 1.29 is 18.3 Å². The molecular formula is C19H21F2NO2. The Morgan fingerprint density at radius 3 is 2.50 bits per heavy atom. The number of halogens is 2. The predicted octanol–water partition coefficient (Wildman–Crippen LogP) is 4.63. The summed E-state index contributed by atoms with van der Waals surface area (Å²) in [5.41, 5.74) is 0.611. The summed E-state index contributed by atoms with van der Waals surface area (Å²) >= 11 is 0. The maximum atomic E-state index is 13.8. The van der Waals surface area contributed by atoms with Crippen LogP contribution in [0.5, 0.6) is 5.75 Å². The number of unbranched alkanes of at least 4 members (excludes halogenated alkanes) is 1. The molecule has 0 heterocycles. The minimum absolute atomic E-state index is 0.272. The van der Waals surface area contributed by atoms with E-state index in [4.69, 9.17) is 4.74 Å². The van der Waals surface area contributed by atoms with Gasteiger partial charge >= 0.3 is 0 Å². The zero-order valence-corrected chi connectivity index (χ0v) is 13.8. The minimum Gasteiger partial charge on any atom is -0.497 e. The molecule has 0 spiro atoms. The lowest BCUT2D eigenvalue weighted by Gasteiger charge is -2.19. The highest BCUT2D eigenvalue weighted by atomic mass is 19.2. The van der Waals surface area contributed by atoms with Gasteiger partial charge in [-0.3, -0.25) is 4.79 Å². The molecule has 0 saturated carbocycles. The minimum atomic E-state index is -1.13. The summed E-state index contributed by atoms with van der Waals surface area (Å²) in [6.45, 7) is 2.05. The lowest BCUT2D eigenvalue weighted by molar-refractivity contribution is 0.0929. The van der Waals surface area contributed by atoms with Crippen molar-refractivity contribution in [1.82, 2.24) is 5.32 Å². The van der Waals surface area contributed by atoms with Crippen molar-refractivity contribution in [3.05, 3.63) is 65.2 Å². The number of nitrogens with one attached hydrogen (secondary N) is 1. The number of carbonyl (C=O) groups excluding carboxylic acids is 1. The molecule has 2 aromatic carbocycles. The van der Waals surface area contributed by atoms with E-state index < -0.39 is 17.5 Å². The molecule has 2 rings (SSSR count). The van der Waals surface area contributed by atoms with Gasteiger partial charge in [-0.25, -0.2) is 8.78 Å². The molecule has 0 saturated heterocycles. The van der Waals surface area contributed by atoms with Crippen LogP contribution >= 0.6 is 0 Å². The summed E-state index contributed by atoms with van der Waals surface area (Å²) in [5.74, 6) is -2.06. The lowest BCUT2D eigenvalue weighted by Crippen LogP contribution is -2.29. The van der Waals surface area contributed by atoms with Gasteiger partial charge in [0.2, 0.25) is 0 Å². The van der Waals surface area contributed by atoms with Gasteiger partial charge in [-0.05, 0) is 36.2 Å². The van der Waals surface area contributed by atoms with Gasteiger partial charge in [0.25, 0.3) is 5.91 Å². The number of hydrogen-bond acceptors (Lipinski definition) is 2. The molecule has 0 aliphatic heterocycles. The van der Waals surface area contributed by atoms with Gasteiger partial charge in [0, 0.05) is 0 Å². The molecule has 5 heteroatoms. The van der Waals surface area contributed by atoms with Gasteiger partial charge in [0.1, 0.15) is 5.75 Å². The van der Waals surface area contributed by atoms with Crippen LogP contribution in [0.2, 0.25) is 0 Å². The van der Waals surface area contributed by atoms with E-state index in [2.05, 4.69) is 12.2 Å². The molecule has 1 amide bonds. The van der Waals surface area contributed by atoms with E-state index in [1.807, 2.05) is 24.3 Å². The second-order valence-electron chi connectivity index (χ2n) is 5.54. The molecule has 0 radical (unpaired) electrons. The third-order valence-corrected chi connectivity index (χ3v) is 3.87. The van der Waals surface area contributed by atoms with Crippen molar-refractivity contribution in [2.24, 2.45) is 0 Å². The first-order valence-corrected chi connectivity index (χ1v) is 7.95. The summed E-state index contributed by atoms with van der Waals surface area (Å²) in [6.07, 6.45) is 2.59. The summed E-state index contributed by atoms with van der Waals surface area (Å²) in [6, 6.07) is 10.7.